The first kappa shape index (κ1) is 11.0. The molecule has 1 aromatic heterocycles. The van der Waals surface area contributed by atoms with Crippen LogP contribution in [0.25, 0.3) is 6.08 Å². The molecular weight excluding hydrogens is 254 g/mol. The second-order valence-electron chi connectivity index (χ2n) is 3.71. The summed E-state index contributed by atoms with van der Waals surface area (Å²) in [5, 5.41) is 10.2. The summed E-state index contributed by atoms with van der Waals surface area (Å²) < 4.78 is 0. The van der Waals surface area contributed by atoms with Gasteiger partial charge < -0.3 is 5.11 Å². The minimum atomic E-state index is -1.08. The Morgan fingerprint density at radius 3 is 3.06 bits per heavy atom. The van der Waals surface area contributed by atoms with E-state index in [0.29, 0.717) is 11.3 Å². The van der Waals surface area contributed by atoms with Crippen molar-refractivity contribution in [2.45, 2.75) is 5.37 Å². The van der Waals surface area contributed by atoms with E-state index in [1.807, 2.05) is 0 Å². The lowest BCUT2D eigenvalue weighted by Gasteiger charge is -2.37. The van der Waals surface area contributed by atoms with Crippen LogP contribution in [0.2, 0.25) is 0 Å². The molecule has 1 saturated heterocycles. The van der Waals surface area contributed by atoms with E-state index in [-0.39, 0.29) is 17.0 Å². The number of carbonyl (C=O) groups is 2. The minimum absolute atomic E-state index is 0.0369. The second kappa shape index (κ2) is 3.95. The van der Waals surface area contributed by atoms with Crippen molar-refractivity contribution in [3.8, 4) is 0 Å². The highest BCUT2D eigenvalue weighted by Gasteiger charge is 2.49. The molecular formula is C11H7N3O3S. The van der Waals surface area contributed by atoms with Gasteiger partial charge in [-0.1, -0.05) is 0 Å². The van der Waals surface area contributed by atoms with Crippen LogP contribution in [-0.4, -0.2) is 37.2 Å². The average molecular weight is 261 g/mol. The molecule has 6 nitrogen and oxygen atoms in total. The first-order valence-corrected chi connectivity index (χ1v) is 6.03. The molecule has 0 radical (unpaired) electrons. The Morgan fingerprint density at radius 2 is 2.39 bits per heavy atom. The molecule has 1 unspecified atom stereocenters. The fourth-order valence-corrected chi connectivity index (χ4v) is 2.93. The molecule has 3 heterocycles. The van der Waals surface area contributed by atoms with Crippen molar-refractivity contribution in [3.05, 3.63) is 41.0 Å². The number of thioether (sulfide) groups is 1. The first-order chi connectivity index (χ1) is 8.68. The van der Waals surface area contributed by atoms with Crippen LogP contribution in [0.3, 0.4) is 0 Å². The Balaban J connectivity index is 1.87. The van der Waals surface area contributed by atoms with Gasteiger partial charge in [-0.25, -0.2) is 14.8 Å². The molecule has 0 aromatic carbocycles. The molecule has 1 atom stereocenters. The van der Waals surface area contributed by atoms with E-state index < -0.39 is 5.97 Å². The summed E-state index contributed by atoms with van der Waals surface area (Å²) in [6, 6.07) is 1.69. The molecule has 0 bridgehead atoms. The Morgan fingerprint density at radius 1 is 1.56 bits per heavy atom. The third-order valence-corrected chi connectivity index (χ3v) is 3.74. The zero-order valence-corrected chi connectivity index (χ0v) is 9.79. The highest BCUT2D eigenvalue weighted by atomic mass is 32.2. The smallest absolute Gasteiger partial charge is 0.353 e. The number of amides is 1. The molecule has 2 aliphatic heterocycles. The number of aromatic nitrogens is 2. The summed E-state index contributed by atoms with van der Waals surface area (Å²) in [5.41, 5.74) is 1.23. The minimum Gasteiger partial charge on any atom is -0.477 e. The molecule has 2 aliphatic rings. The number of carboxylic acid groups (broad SMARTS) is 1. The topological polar surface area (TPSA) is 83.4 Å². The van der Waals surface area contributed by atoms with Crippen molar-refractivity contribution in [3.63, 3.8) is 0 Å². The average Bonchev–Trinajstić information content (AvgIpc) is 2.77. The summed E-state index contributed by atoms with van der Waals surface area (Å²) in [7, 11) is 0. The van der Waals surface area contributed by atoms with Crippen molar-refractivity contribution in [2.75, 3.05) is 0 Å². The summed E-state index contributed by atoms with van der Waals surface area (Å²) in [6.07, 6.45) is 4.65. The van der Waals surface area contributed by atoms with Gasteiger partial charge in [0.25, 0.3) is 5.91 Å². The maximum Gasteiger partial charge on any atom is 0.353 e. The lowest BCUT2D eigenvalue weighted by Crippen LogP contribution is -2.51. The fraction of sp³-hybridized carbons (Fsp3) is 0.0909. The predicted octanol–water partition coefficient (Wildman–Crippen LogP) is 0.701. The molecule has 18 heavy (non-hydrogen) atoms. The van der Waals surface area contributed by atoms with Crippen LogP contribution in [0.4, 0.5) is 0 Å². The number of nitrogens with zero attached hydrogens (tertiary/aromatic N) is 3. The zero-order valence-electron chi connectivity index (χ0n) is 8.98. The van der Waals surface area contributed by atoms with Gasteiger partial charge in [-0.15, -0.1) is 11.8 Å². The Kier molecular flexibility index (Phi) is 2.41. The molecule has 1 aromatic rings. The zero-order chi connectivity index (χ0) is 12.7. The van der Waals surface area contributed by atoms with Crippen molar-refractivity contribution in [1.82, 2.24) is 14.9 Å². The fourth-order valence-electron chi connectivity index (χ4n) is 1.81. The first-order valence-electron chi connectivity index (χ1n) is 5.08. The summed E-state index contributed by atoms with van der Waals surface area (Å²) in [6.45, 7) is 0. The number of aliphatic carboxylic acids is 1. The van der Waals surface area contributed by atoms with Crippen LogP contribution in [0.5, 0.6) is 0 Å². The summed E-state index contributed by atoms with van der Waals surface area (Å²) in [4.78, 5) is 31.8. The highest BCUT2D eigenvalue weighted by molar-refractivity contribution is 8.03. The van der Waals surface area contributed by atoms with Crippen LogP contribution in [0, 0.1) is 0 Å². The molecule has 1 amide bonds. The summed E-state index contributed by atoms with van der Waals surface area (Å²) in [5.74, 6) is -1.36. The molecule has 1 fully saturated rings. The van der Waals surface area contributed by atoms with E-state index in [2.05, 4.69) is 9.97 Å². The molecule has 7 heteroatoms. The lowest BCUT2D eigenvalue weighted by molar-refractivity contribution is -0.141. The van der Waals surface area contributed by atoms with Gasteiger partial charge in [-0.05, 0) is 12.1 Å². The number of hydrogen-bond acceptors (Lipinski definition) is 5. The number of β-lactam (4-membered cyclic amide) rings is 1. The van der Waals surface area contributed by atoms with E-state index in [4.69, 9.17) is 5.11 Å². The van der Waals surface area contributed by atoms with Gasteiger partial charge >= 0.3 is 5.97 Å². The number of fused-ring (bicyclic) bond motifs is 1. The Bertz CT molecular complexity index is 597. The maximum absolute atomic E-state index is 11.9. The van der Waals surface area contributed by atoms with E-state index in [0.717, 1.165) is 0 Å². The van der Waals surface area contributed by atoms with Crippen molar-refractivity contribution in [2.24, 2.45) is 0 Å². The summed E-state index contributed by atoms with van der Waals surface area (Å²) >= 11 is 1.31. The Labute approximate surface area is 106 Å². The van der Waals surface area contributed by atoms with Gasteiger partial charge in [0.15, 0.2) is 0 Å². The molecule has 0 spiro atoms. The van der Waals surface area contributed by atoms with Crippen LogP contribution < -0.4 is 0 Å². The van der Waals surface area contributed by atoms with Gasteiger partial charge in [0, 0.05) is 11.6 Å². The van der Waals surface area contributed by atoms with Gasteiger partial charge in [-0.3, -0.25) is 9.69 Å². The molecule has 90 valence electrons. The highest BCUT2D eigenvalue weighted by Crippen LogP contribution is 2.44. The van der Waals surface area contributed by atoms with E-state index in [1.54, 1.807) is 18.3 Å². The maximum atomic E-state index is 11.9. The van der Waals surface area contributed by atoms with Gasteiger partial charge in [0.05, 0.1) is 11.3 Å². The van der Waals surface area contributed by atoms with Crippen LogP contribution >= 0.6 is 11.8 Å². The van der Waals surface area contributed by atoms with Gasteiger partial charge in [-0.2, -0.15) is 0 Å². The SMILES string of the molecule is O=C(O)C1=CSC2/C(=C\c3ccncn3)C(=O)N12. The number of carbonyl (C=O) groups excluding carboxylic acids is 1. The molecule has 0 saturated carbocycles. The van der Waals surface area contributed by atoms with Gasteiger partial charge in [0.1, 0.15) is 17.4 Å². The number of carboxylic acids is 1. The standard InChI is InChI=1S/C11H7N3O3S/c15-9-7(3-6-1-2-12-5-13-6)10-14(9)8(4-18-10)11(16)17/h1-5,10H,(H,16,17)/b7-3-. The van der Waals surface area contributed by atoms with Crippen molar-refractivity contribution < 1.29 is 14.7 Å². The van der Waals surface area contributed by atoms with Gasteiger partial charge in [0.2, 0.25) is 0 Å². The largest absolute Gasteiger partial charge is 0.477 e. The number of hydrogen-bond donors (Lipinski definition) is 1. The van der Waals surface area contributed by atoms with Crippen molar-refractivity contribution >= 4 is 29.7 Å². The second-order valence-corrected chi connectivity index (χ2v) is 4.66. The third kappa shape index (κ3) is 1.52. The van der Waals surface area contributed by atoms with Crippen LogP contribution in [0.1, 0.15) is 5.69 Å². The monoisotopic (exact) mass is 261 g/mol. The van der Waals surface area contributed by atoms with E-state index in [1.165, 1.54) is 28.4 Å². The Hall–Kier alpha value is -2.15. The van der Waals surface area contributed by atoms with Crippen molar-refractivity contribution in [1.29, 1.82) is 0 Å². The molecule has 1 N–H and O–H groups in total. The molecule has 3 rings (SSSR count). The third-order valence-electron chi connectivity index (χ3n) is 2.66. The quantitative estimate of drug-likeness (QED) is 0.623. The molecule has 0 aliphatic carbocycles. The van der Waals surface area contributed by atoms with Crippen LogP contribution in [-0.2, 0) is 9.59 Å². The number of rotatable bonds is 2. The van der Waals surface area contributed by atoms with E-state index >= 15 is 0 Å². The van der Waals surface area contributed by atoms with Crippen LogP contribution in [0.15, 0.2) is 35.3 Å². The predicted molar refractivity (Wildman–Crippen MR) is 64.0 cm³/mol. The lowest BCUT2D eigenvalue weighted by atomic mass is 10.0. The normalized spacial score (nSPS) is 23.7. The van der Waals surface area contributed by atoms with E-state index in [9.17, 15) is 9.59 Å².